The summed E-state index contributed by atoms with van der Waals surface area (Å²) in [6.45, 7) is 2.17. The summed E-state index contributed by atoms with van der Waals surface area (Å²) < 4.78 is 16.0. The van der Waals surface area contributed by atoms with Gasteiger partial charge in [-0.25, -0.2) is 4.98 Å². The van der Waals surface area contributed by atoms with Crippen molar-refractivity contribution in [3.63, 3.8) is 0 Å². The zero-order chi connectivity index (χ0) is 22.5. The van der Waals surface area contributed by atoms with Gasteiger partial charge in [0, 0.05) is 31.4 Å². The summed E-state index contributed by atoms with van der Waals surface area (Å²) in [5, 5.41) is 2.92. The number of hydrogen-bond donors (Lipinski definition) is 1. The molecule has 0 aliphatic carbocycles. The minimum Gasteiger partial charge on any atom is -0.493 e. The van der Waals surface area contributed by atoms with Crippen LogP contribution in [0, 0.1) is 0 Å². The molecule has 2 aromatic carbocycles. The standard InChI is InChI=1S/C25H27N3O4/c1-30-21-12-20(13-22(31-2)24(21)32-3)25(29)27-15-17-8-9-23(26-14-17)28-11-10-18-6-4-5-7-19(18)16-28/h4-9,12-14H,10-11,15-16H2,1-3H3,(H,27,29). The maximum absolute atomic E-state index is 12.7. The molecule has 0 unspecified atom stereocenters. The first-order chi connectivity index (χ1) is 15.6. The molecule has 1 aliphatic rings. The van der Waals surface area contributed by atoms with Crippen LogP contribution >= 0.6 is 0 Å². The Hall–Kier alpha value is -3.74. The molecule has 32 heavy (non-hydrogen) atoms. The van der Waals surface area contributed by atoms with E-state index < -0.39 is 0 Å². The fourth-order valence-electron chi connectivity index (χ4n) is 3.90. The first kappa shape index (κ1) is 21.5. The lowest BCUT2D eigenvalue weighted by atomic mass is 10.00. The molecular formula is C25H27N3O4. The molecule has 0 radical (unpaired) electrons. The van der Waals surface area contributed by atoms with E-state index in [0.717, 1.165) is 30.9 Å². The minimum absolute atomic E-state index is 0.235. The van der Waals surface area contributed by atoms with Crippen LogP contribution in [0.4, 0.5) is 5.82 Å². The summed E-state index contributed by atoms with van der Waals surface area (Å²) in [5.41, 5.74) is 4.11. The number of carbonyl (C=O) groups excluding carboxylic acids is 1. The molecule has 7 nitrogen and oxygen atoms in total. The van der Waals surface area contributed by atoms with Gasteiger partial charge in [0.05, 0.1) is 21.3 Å². The van der Waals surface area contributed by atoms with E-state index in [1.807, 2.05) is 18.3 Å². The SMILES string of the molecule is COc1cc(C(=O)NCc2ccc(N3CCc4ccccc4C3)nc2)cc(OC)c1OC. The van der Waals surface area contributed by atoms with Crippen LogP contribution < -0.4 is 24.4 Å². The maximum Gasteiger partial charge on any atom is 0.251 e. The van der Waals surface area contributed by atoms with Crippen molar-refractivity contribution in [1.82, 2.24) is 10.3 Å². The van der Waals surface area contributed by atoms with Gasteiger partial charge in [-0.1, -0.05) is 30.3 Å². The summed E-state index contributed by atoms with van der Waals surface area (Å²) >= 11 is 0. The van der Waals surface area contributed by atoms with Crippen LogP contribution in [0.2, 0.25) is 0 Å². The molecule has 166 valence electrons. The summed E-state index contributed by atoms with van der Waals surface area (Å²) in [5.74, 6) is 2.03. The fourth-order valence-corrected chi connectivity index (χ4v) is 3.90. The van der Waals surface area contributed by atoms with Crippen LogP contribution in [-0.2, 0) is 19.5 Å². The van der Waals surface area contributed by atoms with E-state index >= 15 is 0 Å². The molecule has 0 saturated carbocycles. The number of methoxy groups -OCH3 is 3. The van der Waals surface area contributed by atoms with E-state index in [2.05, 4.69) is 39.5 Å². The number of pyridine rings is 1. The van der Waals surface area contributed by atoms with Gasteiger partial charge in [-0.15, -0.1) is 0 Å². The second-order valence-electron chi connectivity index (χ2n) is 7.56. The van der Waals surface area contributed by atoms with Crippen LogP contribution in [0.3, 0.4) is 0 Å². The third-order valence-corrected chi connectivity index (χ3v) is 5.64. The van der Waals surface area contributed by atoms with E-state index in [4.69, 9.17) is 14.2 Å². The lowest BCUT2D eigenvalue weighted by molar-refractivity contribution is 0.0950. The maximum atomic E-state index is 12.7. The van der Waals surface area contributed by atoms with Crippen LogP contribution in [-0.4, -0.2) is 38.8 Å². The summed E-state index contributed by atoms with van der Waals surface area (Å²) in [6, 6.07) is 15.8. The topological polar surface area (TPSA) is 72.9 Å². The number of nitrogens with zero attached hydrogens (tertiary/aromatic N) is 2. The van der Waals surface area contributed by atoms with Crippen molar-refractivity contribution >= 4 is 11.7 Å². The number of hydrogen-bond acceptors (Lipinski definition) is 6. The van der Waals surface area contributed by atoms with Gasteiger partial charge in [0.15, 0.2) is 11.5 Å². The molecule has 1 aliphatic heterocycles. The third kappa shape index (κ3) is 4.46. The van der Waals surface area contributed by atoms with E-state index in [1.165, 1.54) is 32.5 Å². The Balaban J connectivity index is 1.40. The molecular weight excluding hydrogens is 406 g/mol. The van der Waals surface area contributed by atoms with Crippen molar-refractivity contribution < 1.29 is 19.0 Å². The Kier molecular flexibility index (Phi) is 6.44. The molecule has 3 aromatic rings. The molecule has 4 rings (SSSR count). The van der Waals surface area contributed by atoms with Crippen molar-refractivity contribution in [3.05, 3.63) is 77.0 Å². The Labute approximate surface area is 187 Å². The van der Waals surface area contributed by atoms with Gasteiger partial charge in [0.25, 0.3) is 5.91 Å². The Morgan fingerprint density at radius 2 is 1.72 bits per heavy atom. The van der Waals surface area contributed by atoms with Gasteiger partial charge in [0.2, 0.25) is 5.75 Å². The Bertz CT molecular complexity index is 1070. The summed E-state index contributed by atoms with van der Waals surface area (Å²) in [7, 11) is 4.57. The molecule has 0 spiro atoms. The minimum atomic E-state index is -0.235. The number of rotatable bonds is 7. The van der Waals surface area contributed by atoms with Gasteiger partial charge >= 0.3 is 0 Å². The summed E-state index contributed by atoms with van der Waals surface area (Å²) in [4.78, 5) is 19.6. The number of amides is 1. The second-order valence-corrected chi connectivity index (χ2v) is 7.56. The predicted molar refractivity (Wildman–Crippen MR) is 123 cm³/mol. The Morgan fingerprint density at radius 3 is 2.34 bits per heavy atom. The molecule has 1 amide bonds. The average Bonchev–Trinajstić information content (AvgIpc) is 2.86. The molecule has 1 N–H and O–H groups in total. The van der Waals surface area contributed by atoms with Crippen molar-refractivity contribution in [1.29, 1.82) is 0 Å². The molecule has 0 bridgehead atoms. The van der Waals surface area contributed by atoms with E-state index in [0.29, 0.717) is 29.4 Å². The van der Waals surface area contributed by atoms with Crippen LogP contribution in [0.5, 0.6) is 17.2 Å². The highest BCUT2D eigenvalue weighted by molar-refractivity contribution is 5.95. The fraction of sp³-hybridized carbons (Fsp3) is 0.280. The molecule has 0 fully saturated rings. The predicted octanol–water partition coefficient (Wildman–Crippen LogP) is 3.60. The zero-order valence-electron chi connectivity index (χ0n) is 18.6. The number of aromatic nitrogens is 1. The normalized spacial score (nSPS) is 12.7. The van der Waals surface area contributed by atoms with Gasteiger partial charge in [-0.3, -0.25) is 4.79 Å². The van der Waals surface area contributed by atoms with Crippen molar-refractivity contribution in [2.45, 2.75) is 19.5 Å². The number of fused-ring (bicyclic) bond motifs is 1. The van der Waals surface area contributed by atoms with Crippen LogP contribution in [0.1, 0.15) is 27.0 Å². The van der Waals surface area contributed by atoms with E-state index in [1.54, 1.807) is 12.1 Å². The highest BCUT2D eigenvalue weighted by atomic mass is 16.5. The lowest BCUT2D eigenvalue weighted by Gasteiger charge is -2.29. The van der Waals surface area contributed by atoms with Crippen molar-refractivity contribution in [2.75, 3.05) is 32.8 Å². The van der Waals surface area contributed by atoms with E-state index in [-0.39, 0.29) is 5.91 Å². The number of carbonyl (C=O) groups is 1. The number of benzene rings is 2. The lowest BCUT2D eigenvalue weighted by Crippen LogP contribution is -2.31. The second kappa shape index (κ2) is 9.60. The van der Waals surface area contributed by atoms with Gasteiger partial charge in [-0.05, 0) is 41.3 Å². The van der Waals surface area contributed by atoms with E-state index in [9.17, 15) is 4.79 Å². The smallest absolute Gasteiger partial charge is 0.251 e. The highest BCUT2D eigenvalue weighted by Crippen LogP contribution is 2.38. The first-order valence-electron chi connectivity index (χ1n) is 10.5. The number of ether oxygens (including phenoxy) is 3. The van der Waals surface area contributed by atoms with Crippen LogP contribution in [0.25, 0.3) is 0 Å². The average molecular weight is 434 g/mol. The van der Waals surface area contributed by atoms with Gasteiger partial charge in [-0.2, -0.15) is 0 Å². The van der Waals surface area contributed by atoms with Gasteiger partial charge < -0.3 is 24.4 Å². The molecule has 7 heteroatoms. The quantitative estimate of drug-likeness (QED) is 0.614. The highest BCUT2D eigenvalue weighted by Gasteiger charge is 2.18. The Morgan fingerprint density at radius 1 is 1.00 bits per heavy atom. The molecule has 0 atom stereocenters. The largest absolute Gasteiger partial charge is 0.493 e. The van der Waals surface area contributed by atoms with Gasteiger partial charge in [0.1, 0.15) is 5.82 Å². The zero-order valence-corrected chi connectivity index (χ0v) is 18.6. The number of anilines is 1. The van der Waals surface area contributed by atoms with Crippen LogP contribution in [0.15, 0.2) is 54.7 Å². The molecule has 0 saturated heterocycles. The monoisotopic (exact) mass is 433 g/mol. The number of nitrogens with one attached hydrogen (secondary N) is 1. The third-order valence-electron chi connectivity index (χ3n) is 5.64. The first-order valence-corrected chi connectivity index (χ1v) is 10.5. The molecule has 1 aromatic heterocycles. The summed E-state index contributed by atoms with van der Waals surface area (Å²) in [6.07, 6.45) is 2.83. The van der Waals surface area contributed by atoms with Crippen molar-refractivity contribution in [3.8, 4) is 17.2 Å². The van der Waals surface area contributed by atoms with Crippen molar-refractivity contribution in [2.24, 2.45) is 0 Å². The molecule has 2 heterocycles.